The molecular weight excluding hydrogens is 268 g/mol. The summed E-state index contributed by atoms with van der Waals surface area (Å²) in [6.45, 7) is 3.70. The van der Waals surface area contributed by atoms with Gasteiger partial charge in [-0.25, -0.2) is 9.89 Å². The van der Waals surface area contributed by atoms with E-state index < -0.39 is 5.97 Å². The Balaban J connectivity index is 2.81. The molecular formula is C15H18N4O2. The molecule has 0 heterocycles. The highest BCUT2D eigenvalue weighted by atomic mass is 16.4. The van der Waals surface area contributed by atoms with Crippen LogP contribution in [0, 0.1) is 11.5 Å². The van der Waals surface area contributed by atoms with Crippen molar-refractivity contribution in [3.63, 3.8) is 0 Å². The van der Waals surface area contributed by atoms with Crippen molar-refractivity contribution >= 4 is 23.7 Å². The molecule has 0 saturated carbocycles. The zero-order chi connectivity index (χ0) is 15.8. The summed E-state index contributed by atoms with van der Waals surface area (Å²) in [7, 11) is 0. The molecule has 0 aromatic heterocycles. The molecule has 21 heavy (non-hydrogen) atoms. The zero-order valence-electron chi connectivity index (χ0n) is 12.0. The second-order valence-corrected chi connectivity index (χ2v) is 4.63. The lowest BCUT2D eigenvalue weighted by Gasteiger charge is -2.18. The van der Waals surface area contributed by atoms with Crippen molar-refractivity contribution in [3.05, 3.63) is 35.9 Å². The van der Waals surface area contributed by atoms with Gasteiger partial charge in [-0.1, -0.05) is 24.3 Å². The first-order valence-electron chi connectivity index (χ1n) is 6.45. The number of hydrogen-bond acceptors (Lipinski definition) is 3. The van der Waals surface area contributed by atoms with Crippen molar-refractivity contribution in [3.8, 4) is 6.19 Å². The van der Waals surface area contributed by atoms with E-state index in [9.17, 15) is 4.79 Å². The van der Waals surface area contributed by atoms with E-state index in [0.29, 0.717) is 5.69 Å². The average molecular weight is 286 g/mol. The summed E-state index contributed by atoms with van der Waals surface area (Å²) in [5.74, 6) is -0.729. The molecule has 0 spiro atoms. The number of carboxylic acids is 1. The van der Waals surface area contributed by atoms with Gasteiger partial charge in [0.05, 0.1) is 12.1 Å². The number of carboxylic acid groups (broad SMARTS) is 1. The van der Waals surface area contributed by atoms with Crippen LogP contribution in [0.4, 0.5) is 5.69 Å². The largest absolute Gasteiger partial charge is 0.481 e. The zero-order valence-corrected chi connectivity index (χ0v) is 12.0. The van der Waals surface area contributed by atoms with Gasteiger partial charge in [-0.15, -0.1) is 0 Å². The summed E-state index contributed by atoms with van der Waals surface area (Å²) in [5.41, 5.74) is 7.29. The molecule has 0 saturated heterocycles. The number of benzene rings is 1. The highest BCUT2D eigenvalue weighted by Gasteiger charge is 2.10. The summed E-state index contributed by atoms with van der Waals surface area (Å²) in [5, 5.41) is 17.5. The van der Waals surface area contributed by atoms with Crippen LogP contribution in [0.1, 0.15) is 25.8 Å². The minimum atomic E-state index is -0.870. The van der Waals surface area contributed by atoms with E-state index in [1.54, 1.807) is 36.4 Å². The first-order chi connectivity index (χ1) is 9.93. The number of nitrogens with zero attached hydrogens (tertiary/aromatic N) is 3. The van der Waals surface area contributed by atoms with Crippen LogP contribution in [0.3, 0.4) is 0 Å². The molecule has 0 aliphatic heterocycles. The van der Waals surface area contributed by atoms with Crippen LogP contribution in [0.15, 0.2) is 35.3 Å². The Morgan fingerprint density at radius 2 is 2.10 bits per heavy atom. The second kappa shape index (κ2) is 7.70. The number of aliphatic imine (C=N–C) groups is 1. The van der Waals surface area contributed by atoms with E-state index in [-0.39, 0.29) is 18.4 Å². The molecule has 0 radical (unpaired) electrons. The Kier molecular flexibility index (Phi) is 5.96. The number of rotatable bonds is 5. The standard InChI is InChI=1S/C15H18N4O2/c1-11(2)19(10-16)15(17)18-13-8-6-12(7-9-13)4-3-5-14(20)21/h3-4,6-9,11H,5H2,1-2H3,(H2,17,18)(H,20,21)/b4-3+. The summed E-state index contributed by atoms with van der Waals surface area (Å²) < 4.78 is 0. The monoisotopic (exact) mass is 286 g/mol. The summed E-state index contributed by atoms with van der Waals surface area (Å²) in [6, 6.07) is 7.05. The molecule has 0 amide bonds. The molecule has 6 nitrogen and oxygen atoms in total. The molecule has 1 aromatic carbocycles. The Hall–Kier alpha value is -2.81. The number of hydrogen-bond donors (Lipinski definition) is 2. The van der Waals surface area contributed by atoms with E-state index in [1.807, 2.05) is 20.0 Å². The second-order valence-electron chi connectivity index (χ2n) is 4.63. The molecule has 1 aromatic rings. The molecule has 3 N–H and O–H groups in total. The van der Waals surface area contributed by atoms with Gasteiger partial charge in [0, 0.05) is 6.04 Å². The maximum atomic E-state index is 10.4. The van der Waals surface area contributed by atoms with E-state index in [1.165, 1.54) is 4.90 Å². The van der Waals surface area contributed by atoms with Crippen LogP contribution in [-0.2, 0) is 4.79 Å². The van der Waals surface area contributed by atoms with Gasteiger partial charge < -0.3 is 10.8 Å². The van der Waals surface area contributed by atoms with Crippen molar-refractivity contribution in [2.45, 2.75) is 26.3 Å². The molecule has 6 heteroatoms. The minimum absolute atomic E-state index is 0.0155. The number of guanidine groups is 1. The van der Waals surface area contributed by atoms with Crippen LogP contribution in [0.2, 0.25) is 0 Å². The Labute approximate surface area is 123 Å². The first-order valence-corrected chi connectivity index (χ1v) is 6.45. The van der Waals surface area contributed by atoms with Crippen molar-refractivity contribution < 1.29 is 9.90 Å². The fraction of sp³-hybridized carbons (Fsp3) is 0.267. The normalized spacial score (nSPS) is 11.6. The topological polar surface area (TPSA) is 103 Å². The highest BCUT2D eigenvalue weighted by molar-refractivity contribution is 5.82. The predicted molar refractivity (Wildman–Crippen MR) is 81.6 cm³/mol. The van der Waals surface area contributed by atoms with Gasteiger partial charge in [0.2, 0.25) is 5.96 Å². The van der Waals surface area contributed by atoms with Gasteiger partial charge in [0.15, 0.2) is 6.19 Å². The lowest BCUT2D eigenvalue weighted by Crippen LogP contribution is -2.38. The molecule has 0 aliphatic carbocycles. The van der Waals surface area contributed by atoms with E-state index in [2.05, 4.69) is 4.99 Å². The number of nitrogens with two attached hydrogens (primary N) is 1. The van der Waals surface area contributed by atoms with Gasteiger partial charge in [-0.3, -0.25) is 4.79 Å². The van der Waals surface area contributed by atoms with E-state index >= 15 is 0 Å². The van der Waals surface area contributed by atoms with Crippen LogP contribution in [0.5, 0.6) is 0 Å². The Bertz CT molecular complexity index is 583. The van der Waals surface area contributed by atoms with Crippen LogP contribution >= 0.6 is 0 Å². The lowest BCUT2D eigenvalue weighted by molar-refractivity contribution is -0.135. The maximum Gasteiger partial charge on any atom is 0.307 e. The van der Waals surface area contributed by atoms with Crippen molar-refractivity contribution in [1.82, 2.24) is 4.90 Å². The Morgan fingerprint density at radius 1 is 1.48 bits per heavy atom. The van der Waals surface area contributed by atoms with Crippen LogP contribution in [-0.4, -0.2) is 28.0 Å². The summed E-state index contributed by atoms with van der Waals surface area (Å²) in [4.78, 5) is 15.9. The average Bonchev–Trinajstić information content (AvgIpc) is 2.40. The van der Waals surface area contributed by atoms with Gasteiger partial charge in [-0.05, 0) is 31.5 Å². The third-order valence-corrected chi connectivity index (χ3v) is 2.61. The molecule has 0 fully saturated rings. The lowest BCUT2D eigenvalue weighted by atomic mass is 10.2. The molecule has 0 atom stereocenters. The molecule has 0 unspecified atom stereocenters. The number of aliphatic carboxylic acids is 1. The smallest absolute Gasteiger partial charge is 0.307 e. The van der Waals surface area contributed by atoms with Crippen LogP contribution < -0.4 is 5.73 Å². The predicted octanol–water partition coefficient (Wildman–Crippen LogP) is 2.31. The molecule has 110 valence electrons. The van der Waals surface area contributed by atoms with Gasteiger partial charge in [0.25, 0.3) is 0 Å². The summed E-state index contributed by atoms with van der Waals surface area (Å²) >= 11 is 0. The first kappa shape index (κ1) is 16.2. The molecule has 0 bridgehead atoms. The van der Waals surface area contributed by atoms with Crippen LogP contribution in [0.25, 0.3) is 6.08 Å². The highest BCUT2D eigenvalue weighted by Crippen LogP contribution is 2.15. The van der Waals surface area contributed by atoms with Crippen molar-refractivity contribution in [2.75, 3.05) is 0 Å². The van der Waals surface area contributed by atoms with E-state index in [0.717, 1.165) is 5.56 Å². The Morgan fingerprint density at radius 3 is 2.57 bits per heavy atom. The minimum Gasteiger partial charge on any atom is -0.481 e. The van der Waals surface area contributed by atoms with Gasteiger partial charge in [0.1, 0.15) is 0 Å². The SMILES string of the molecule is CC(C)N(C#N)C(N)=Nc1ccc(/C=C/CC(=O)O)cc1. The third kappa shape index (κ3) is 5.37. The molecule has 1 rings (SSSR count). The van der Waals surface area contributed by atoms with Gasteiger partial charge >= 0.3 is 5.97 Å². The van der Waals surface area contributed by atoms with Crippen molar-refractivity contribution in [2.24, 2.45) is 10.7 Å². The summed E-state index contributed by atoms with van der Waals surface area (Å²) in [6.07, 6.45) is 5.26. The van der Waals surface area contributed by atoms with Crippen molar-refractivity contribution in [1.29, 1.82) is 5.26 Å². The fourth-order valence-electron chi connectivity index (χ4n) is 1.57. The fourth-order valence-corrected chi connectivity index (χ4v) is 1.57. The van der Waals surface area contributed by atoms with E-state index in [4.69, 9.17) is 16.1 Å². The number of nitriles is 1. The third-order valence-electron chi connectivity index (χ3n) is 2.61. The number of carbonyl (C=O) groups is 1. The molecule has 0 aliphatic rings. The maximum absolute atomic E-state index is 10.4. The van der Waals surface area contributed by atoms with Gasteiger partial charge in [-0.2, -0.15) is 5.26 Å². The quantitative estimate of drug-likeness (QED) is 0.374.